The van der Waals surface area contributed by atoms with Crippen molar-refractivity contribution < 1.29 is 49.6 Å². The van der Waals surface area contributed by atoms with E-state index in [-0.39, 0.29) is 29.1 Å². The summed E-state index contributed by atoms with van der Waals surface area (Å²) in [4.78, 5) is 11.4. The predicted octanol–water partition coefficient (Wildman–Crippen LogP) is 1.43. The number of phenolic OH excluding ortho intramolecular Hbond substituents is 2. The number of aliphatic hydroxyl groups is 3. The van der Waals surface area contributed by atoms with Gasteiger partial charge in [-0.05, 0) is 60.1 Å². The summed E-state index contributed by atoms with van der Waals surface area (Å²) in [6.07, 6.45) is -7.25. The molecule has 0 radical (unpaired) electrons. The van der Waals surface area contributed by atoms with Gasteiger partial charge >= 0.3 is 5.97 Å². The number of ether oxygens (including phenoxy) is 3. The van der Waals surface area contributed by atoms with Crippen LogP contribution in [-0.4, -0.2) is 74.4 Å². The maximum atomic E-state index is 11.4. The lowest BCUT2D eigenvalue weighted by atomic mass is 9.85. The number of hydrogen-bond donors (Lipinski definition) is 6. The monoisotopic (exact) mass is 492 g/mol. The first-order valence-electron chi connectivity index (χ1n) is 11.3. The van der Waals surface area contributed by atoms with Crippen LogP contribution in [0.25, 0.3) is 0 Å². The summed E-state index contributed by atoms with van der Waals surface area (Å²) in [5.41, 5.74) is 1.78. The molecule has 0 bridgehead atoms. The molecule has 1 aliphatic rings. The Morgan fingerprint density at radius 1 is 0.886 bits per heavy atom. The van der Waals surface area contributed by atoms with Crippen molar-refractivity contribution in [1.29, 1.82) is 0 Å². The molecule has 10 heteroatoms. The number of carboxylic acids is 1. The Balaban J connectivity index is 1.73. The number of carbonyl (C=O) groups is 1. The molecule has 2 unspecified atom stereocenters. The Morgan fingerprint density at radius 3 is 2.06 bits per heavy atom. The molecule has 192 valence electrons. The number of phenols is 2. The molecule has 0 aromatic heterocycles. The van der Waals surface area contributed by atoms with Crippen molar-refractivity contribution in [3.05, 3.63) is 47.5 Å². The smallest absolute Gasteiger partial charge is 0.335 e. The number of hydrogen-bond acceptors (Lipinski definition) is 9. The largest absolute Gasteiger partial charge is 0.504 e. The van der Waals surface area contributed by atoms with E-state index in [1.165, 1.54) is 13.2 Å². The lowest BCUT2D eigenvalue weighted by Crippen LogP contribution is -2.61. The van der Waals surface area contributed by atoms with Crippen LogP contribution in [0.5, 0.6) is 23.0 Å². The van der Waals surface area contributed by atoms with Crippen molar-refractivity contribution in [1.82, 2.24) is 0 Å². The summed E-state index contributed by atoms with van der Waals surface area (Å²) >= 11 is 0. The zero-order valence-corrected chi connectivity index (χ0v) is 19.7. The van der Waals surface area contributed by atoms with Crippen LogP contribution in [0, 0.1) is 11.8 Å². The van der Waals surface area contributed by atoms with Gasteiger partial charge < -0.3 is 44.8 Å². The van der Waals surface area contributed by atoms with Crippen LogP contribution < -0.4 is 9.47 Å². The Hall–Kier alpha value is -3.05. The first-order chi connectivity index (χ1) is 16.5. The van der Waals surface area contributed by atoms with E-state index < -0.39 is 36.7 Å². The van der Waals surface area contributed by atoms with Gasteiger partial charge in [0, 0.05) is 0 Å². The molecule has 3 rings (SSSR count). The number of aliphatic hydroxyl groups excluding tert-OH is 3. The van der Waals surface area contributed by atoms with Gasteiger partial charge in [0.05, 0.1) is 7.11 Å². The van der Waals surface area contributed by atoms with Crippen LogP contribution >= 0.6 is 0 Å². The maximum Gasteiger partial charge on any atom is 0.335 e. The quantitative estimate of drug-likeness (QED) is 0.282. The van der Waals surface area contributed by atoms with Crippen molar-refractivity contribution in [3.8, 4) is 23.0 Å². The second-order valence-electron chi connectivity index (χ2n) is 9.02. The van der Waals surface area contributed by atoms with Gasteiger partial charge in [-0.15, -0.1) is 0 Å². The van der Waals surface area contributed by atoms with Crippen LogP contribution in [0.3, 0.4) is 0 Å². The number of rotatable bonds is 9. The molecule has 1 fully saturated rings. The SMILES string of the molecule is COc1ccc(CC(C)C(C)Cc2ccc(O)c(O)c2)cc1O[C@H]1O[C@@H](C(=O)O)[C@H](O)[C@@H](O)[C@@H]1O. The number of methoxy groups -OCH3 is 1. The number of aromatic hydroxyl groups is 2. The van der Waals surface area contributed by atoms with Crippen LogP contribution in [-0.2, 0) is 22.4 Å². The van der Waals surface area contributed by atoms with Gasteiger partial charge in [0.1, 0.15) is 18.3 Å². The first-order valence-corrected chi connectivity index (χ1v) is 11.3. The highest BCUT2D eigenvalue weighted by atomic mass is 16.7. The van der Waals surface area contributed by atoms with Gasteiger partial charge in [0.2, 0.25) is 6.29 Å². The molecule has 6 N–H and O–H groups in total. The van der Waals surface area contributed by atoms with Crippen LogP contribution in [0.2, 0.25) is 0 Å². The molecule has 1 heterocycles. The zero-order chi connectivity index (χ0) is 25.9. The van der Waals surface area contributed by atoms with Crippen molar-refractivity contribution in [2.45, 2.75) is 57.4 Å². The van der Waals surface area contributed by atoms with Crippen molar-refractivity contribution in [2.75, 3.05) is 7.11 Å². The number of benzene rings is 2. The summed E-state index contributed by atoms with van der Waals surface area (Å²) in [6.45, 7) is 4.17. The van der Waals surface area contributed by atoms with E-state index in [1.54, 1.807) is 24.3 Å². The normalized spacial score (nSPS) is 26.1. The van der Waals surface area contributed by atoms with E-state index >= 15 is 0 Å². The third-order valence-corrected chi connectivity index (χ3v) is 6.41. The van der Waals surface area contributed by atoms with Crippen LogP contribution in [0.4, 0.5) is 0 Å². The van der Waals surface area contributed by atoms with Crippen molar-refractivity contribution in [3.63, 3.8) is 0 Å². The minimum absolute atomic E-state index is 0.158. The molecule has 1 aliphatic heterocycles. The lowest BCUT2D eigenvalue weighted by Gasteiger charge is -2.38. The minimum atomic E-state index is -1.81. The molecule has 7 atom stereocenters. The second kappa shape index (κ2) is 11.1. The molecule has 10 nitrogen and oxygen atoms in total. The predicted molar refractivity (Wildman–Crippen MR) is 123 cm³/mol. The fourth-order valence-electron chi connectivity index (χ4n) is 4.06. The topological polar surface area (TPSA) is 166 Å². The van der Waals surface area contributed by atoms with Gasteiger partial charge in [-0.3, -0.25) is 0 Å². The Bertz CT molecular complexity index is 1030. The first kappa shape index (κ1) is 26.6. The highest BCUT2D eigenvalue weighted by molar-refractivity contribution is 5.73. The van der Waals surface area contributed by atoms with E-state index in [9.17, 15) is 35.4 Å². The van der Waals surface area contributed by atoms with Gasteiger partial charge in [-0.25, -0.2) is 4.79 Å². The van der Waals surface area contributed by atoms with E-state index in [1.807, 2.05) is 6.07 Å². The average molecular weight is 493 g/mol. The van der Waals surface area contributed by atoms with Gasteiger partial charge in [0.15, 0.2) is 29.1 Å². The molecule has 0 aliphatic carbocycles. The number of carboxylic acid groups (broad SMARTS) is 1. The van der Waals surface area contributed by atoms with E-state index in [0.717, 1.165) is 11.1 Å². The van der Waals surface area contributed by atoms with Crippen molar-refractivity contribution >= 4 is 5.97 Å². The Kier molecular flexibility index (Phi) is 8.44. The molecule has 0 saturated carbocycles. The molecule has 0 amide bonds. The third-order valence-electron chi connectivity index (χ3n) is 6.41. The average Bonchev–Trinajstić information content (AvgIpc) is 2.81. The van der Waals surface area contributed by atoms with E-state index in [2.05, 4.69) is 13.8 Å². The summed E-state index contributed by atoms with van der Waals surface area (Å²) in [7, 11) is 1.43. The Morgan fingerprint density at radius 2 is 1.49 bits per heavy atom. The fraction of sp³-hybridized carbons (Fsp3) is 0.480. The second-order valence-corrected chi connectivity index (χ2v) is 9.02. The van der Waals surface area contributed by atoms with Gasteiger partial charge in [-0.2, -0.15) is 0 Å². The van der Waals surface area contributed by atoms with Crippen molar-refractivity contribution in [2.24, 2.45) is 11.8 Å². The van der Waals surface area contributed by atoms with Crippen LogP contribution in [0.15, 0.2) is 36.4 Å². The summed E-state index contributed by atoms with van der Waals surface area (Å²) in [5, 5.41) is 58.7. The molecule has 2 aromatic rings. The fourth-order valence-corrected chi connectivity index (χ4v) is 4.06. The third kappa shape index (κ3) is 6.15. The molecule has 2 aromatic carbocycles. The number of aliphatic carboxylic acids is 1. The standard InChI is InChI=1S/C25H32O10/c1-12(8-14-4-6-16(26)17(27)10-14)13(2)9-15-5-7-18(33-3)19(11-15)34-25-22(30)20(28)21(29)23(35-25)24(31)32/h4-7,10-13,20-23,25-30H,8-9H2,1-3H3,(H,31,32)/t12?,13?,20-,21-,22+,23-,25+/m1/s1. The minimum Gasteiger partial charge on any atom is -0.504 e. The summed E-state index contributed by atoms with van der Waals surface area (Å²) in [6, 6.07) is 10.00. The highest BCUT2D eigenvalue weighted by Gasteiger charge is 2.48. The zero-order valence-electron chi connectivity index (χ0n) is 19.7. The van der Waals surface area contributed by atoms with Gasteiger partial charge in [-0.1, -0.05) is 26.0 Å². The molecule has 1 saturated heterocycles. The lowest BCUT2D eigenvalue weighted by molar-refractivity contribution is -0.271. The molecular weight excluding hydrogens is 460 g/mol. The van der Waals surface area contributed by atoms with Crippen LogP contribution in [0.1, 0.15) is 25.0 Å². The van der Waals surface area contributed by atoms with E-state index in [4.69, 9.17) is 14.2 Å². The maximum absolute atomic E-state index is 11.4. The van der Waals surface area contributed by atoms with E-state index in [0.29, 0.717) is 18.6 Å². The Labute approximate surface area is 202 Å². The molecule has 0 spiro atoms. The summed E-state index contributed by atoms with van der Waals surface area (Å²) < 4.78 is 16.2. The van der Waals surface area contributed by atoms with Gasteiger partial charge in [0.25, 0.3) is 0 Å². The molecule has 35 heavy (non-hydrogen) atoms. The highest BCUT2D eigenvalue weighted by Crippen LogP contribution is 2.34. The molecular formula is C25H32O10. The summed E-state index contributed by atoms with van der Waals surface area (Å²) in [5.74, 6) is -0.887.